The first-order chi connectivity index (χ1) is 17.0. The topological polar surface area (TPSA) is 106 Å². The van der Waals surface area contributed by atoms with Crippen molar-refractivity contribution < 1.29 is 33.8 Å². The molecule has 2 amide bonds. The molecule has 2 saturated heterocycles. The number of carbonyl (C=O) groups is 3. The van der Waals surface area contributed by atoms with Crippen molar-refractivity contribution in [3.63, 3.8) is 0 Å². The van der Waals surface area contributed by atoms with Crippen LogP contribution in [0, 0.1) is 5.92 Å². The van der Waals surface area contributed by atoms with Crippen LogP contribution in [0.15, 0.2) is 72.8 Å². The van der Waals surface area contributed by atoms with E-state index in [-0.39, 0.29) is 22.6 Å². The molecule has 178 valence electrons. The van der Waals surface area contributed by atoms with Gasteiger partial charge in [0, 0.05) is 0 Å². The van der Waals surface area contributed by atoms with Crippen LogP contribution in [0.5, 0.6) is 11.5 Å². The molecular formula is C26H22N2O7. The third kappa shape index (κ3) is 3.48. The normalized spacial score (nSPS) is 21.3. The molecule has 2 heterocycles. The Morgan fingerprint density at radius 2 is 1.49 bits per heavy atom. The highest BCUT2D eigenvalue weighted by atomic mass is 16.7. The first-order valence-electron chi connectivity index (χ1n) is 10.9. The van der Waals surface area contributed by atoms with Crippen molar-refractivity contribution in [1.82, 2.24) is 0 Å². The lowest BCUT2D eigenvalue weighted by Crippen LogP contribution is -2.37. The Morgan fingerprint density at radius 3 is 2.06 bits per heavy atom. The minimum atomic E-state index is -1.26. The van der Waals surface area contributed by atoms with E-state index in [0.29, 0.717) is 11.4 Å². The number of aromatic carboxylic acids is 1. The van der Waals surface area contributed by atoms with Crippen LogP contribution in [0.4, 0.5) is 11.4 Å². The molecule has 3 aromatic rings. The number of para-hydroxylation sites is 2. The van der Waals surface area contributed by atoms with Gasteiger partial charge < -0.3 is 14.6 Å². The van der Waals surface area contributed by atoms with Crippen molar-refractivity contribution in [2.75, 3.05) is 24.2 Å². The standard InChI is InChI=1S/C26H22N2O7/c1-33-18-14-13-17(19(26(31)32)22(18)34-2)21-20-23(35-28(21)16-11-7-4-8-12-16)25(30)27(24(20)29)15-9-5-3-6-10-15/h3-14,20-21,23H,1-2H3,(H,31,32)/t20-,21-,23-/m0/s1. The second-order valence-electron chi connectivity index (χ2n) is 8.08. The van der Waals surface area contributed by atoms with E-state index in [2.05, 4.69) is 0 Å². The predicted molar refractivity (Wildman–Crippen MR) is 125 cm³/mol. The number of fused-ring (bicyclic) bond motifs is 1. The Balaban J connectivity index is 1.70. The average molecular weight is 474 g/mol. The number of benzene rings is 3. The van der Waals surface area contributed by atoms with E-state index in [9.17, 15) is 19.5 Å². The van der Waals surface area contributed by atoms with Gasteiger partial charge in [-0.3, -0.25) is 14.4 Å². The molecule has 2 aliphatic rings. The van der Waals surface area contributed by atoms with Crippen LogP contribution < -0.4 is 19.4 Å². The number of methoxy groups -OCH3 is 2. The van der Waals surface area contributed by atoms with E-state index >= 15 is 0 Å². The van der Waals surface area contributed by atoms with Crippen molar-refractivity contribution in [1.29, 1.82) is 0 Å². The Hall–Kier alpha value is -4.37. The molecular weight excluding hydrogens is 452 g/mol. The fourth-order valence-electron chi connectivity index (χ4n) is 4.77. The van der Waals surface area contributed by atoms with Gasteiger partial charge in [0.05, 0.1) is 31.6 Å². The van der Waals surface area contributed by atoms with E-state index in [1.165, 1.54) is 19.3 Å². The Kier molecular flexibility index (Phi) is 5.62. The van der Waals surface area contributed by atoms with E-state index in [4.69, 9.17) is 14.3 Å². The summed E-state index contributed by atoms with van der Waals surface area (Å²) in [7, 11) is 2.75. The molecule has 1 N–H and O–H groups in total. The molecule has 0 saturated carbocycles. The molecule has 0 aromatic heterocycles. The maximum absolute atomic E-state index is 13.7. The van der Waals surface area contributed by atoms with Gasteiger partial charge >= 0.3 is 5.97 Å². The van der Waals surface area contributed by atoms with Crippen LogP contribution in [0.1, 0.15) is 22.0 Å². The maximum atomic E-state index is 13.7. The first-order valence-corrected chi connectivity index (χ1v) is 10.9. The number of carboxylic acid groups (broad SMARTS) is 1. The molecule has 35 heavy (non-hydrogen) atoms. The lowest BCUT2D eigenvalue weighted by Gasteiger charge is -2.30. The highest BCUT2D eigenvalue weighted by Crippen LogP contribution is 2.50. The molecule has 3 aromatic carbocycles. The monoisotopic (exact) mass is 474 g/mol. The highest BCUT2D eigenvalue weighted by Gasteiger charge is 2.61. The molecule has 5 rings (SSSR count). The lowest BCUT2D eigenvalue weighted by atomic mass is 9.87. The first kappa shape index (κ1) is 22.4. The number of amides is 2. The van der Waals surface area contributed by atoms with Gasteiger partial charge in [-0.15, -0.1) is 0 Å². The van der Waals surface area contributed by atoms with E-state index in [0.717, 1.165) is 4.90 Å². The molecule has 2 aliphatic heterocycles. The number of carboxylic acids is 1. The van der Waals surface area contributed by atoms with Crippen LogP contribution in [0.2, 0.25) is 0 Å². The number of ether oxygens (including phenoxy) is 2. The zero-order valence-corrected chi connectivity index (χ0v) is 19.0. The van der Waals surface area contributed by atoms with Gasteiger partial charge in [0.2, 0.25) is 5.91 Å². The van der Waals surface area contributed by atoms with Crippen LogP contribution >= 0.6 is 0 Å². The minimum Gasteiger partial charge on any atom is -0.493 e. The summed E-state index contributed by atoms with van der Waals surface area (Å²) in [6.45, 7) is 0. The van der Waals surface area contributed by atoms with Crippen molar-refractivity contribution in [2.24, 2.45) is 5.92 Å². The second kappa shape index (κ2) is 8.77. The molecule has 0 radical (unpaired) electrons. The van der Waals surface area contributed by atoms with Crippen molar-refractivity contribution in [2.45, 2.75) is 12.1 Å². The van der Waals surface area contributed by atoms with E-state index in [1.807, 2.05) is 6.07 Å². The average Bonchev–Trinajstić information content (AvgIpc) is 3.39. The zero-order chi connectivity index (χ0) is 24.7. The van der Waals surface area contributed by atoms with Gasteiger partial charge in [0.25, 0.3) is 5.91 Å². The second-order valence-corrected chi connectivity index (χ2v) is 8.08. The quantitative estimate of drug-likeness (QED) is 0.542. The highest BCUT2D eigenvalue weighted by molar-refractivity contribution is 6.24. The Labute approximate surface area is 201 Å². The number of imide groups is 1. The fourth-order valence-corrected chi connectivity index (χ4v) is 4.77. The molecule has 3 atom stereocenters. The molecule has 0 bridgehead atoms. The number of rotatable bonds is 6. The lowest BCUT2D eigenvalue weighted by molar-refractivity contribution is -0.126. The van der Waals surface area contributed by atoms with Crippen LogP contribution in [-0.4, -0.2) is 43.2 Å². The number of nitrogens with zero attached hydrogens (tertiary/aromatic N) is 2. The van der Waals surface area contributed by atoms with Gasteiger partial charge in [-0.1, -0.05) is 42.5 Å². The predicted octanol–water partition coefficient (Wildman–Crippen LogP) is 3.45. The van der Waals surface area contributed by atoms with Crippen LogP contribution in [0.3, 0.4) is 0 Å². The molecule has 9 nitrogen and oxygen atoms in total. The Morgan fingerprint density at radius 1 is 0.857 bits per heavy atom. The summed E-state index contributed by atoms with van der Waals surface area (Å²) in [5.41, 5.74) is 1.10. The van der Waals surface area contributed by atoms with E-state index < -0.39 is 35.8 Å². The third-order valence-electron chi connectivity index (χ3n) is 6.25. The van der Waals surface area contributed by atoms with Crippen molar-refractivity contribution >= 4 is 29.2 Å². The molecule has 9 heteroatoms. The number of hydroxylamine groups is 1. The summed E-state index contributed by atoms with van der Waals surface area (Å²) in [5, 5.41) is 11.6. The summed E-state index contributed by atoms with van der Waals surface area (Å²) in [6.07, 6.45) is -1.12. The summed E-state index contributed by atoms with van der Waals surface area (Å²) in [4.78, 5) is 46.7. The fraction of sp³-hybridized carbons (Fsp3) is 0.192. The van der Waals surface area contributed by atoms with Crippen LogP contribution in [0.25, 0.3) is 0 Å². The van der Waals surface area contributed by atoms with Crippen molar-refractivity contribution in [3.8, 4) is 11.5 Å². The zero-order valence-electron chi connectivity index (χ0n) is 19.0. The summed E-state index contributed by atoms with van der Waals surface area (Å²) in [6, 6.07) is 19.7. The maximum Gasteiger partial charge on any atom is 0.339 e. The minimum absolute atomic E-state index is 0.0191. The largest absolute Gasteiger partial charge is 0.493 e. The Bertz CT molecular complexity index is 1300. The number of anilines is 2. The van der Waals surface area contributed by atoms with E-state index in [1.54, 1.807) is 66.7 Å². The van der Waals surface area contributed by atoms with Gasteiger partial charge in [-0.2, -0.15) is 0 Å². The molecule has 0 spiro atoms. The third-order valence-corrected chi connectivity index (χ3v) is 6.25. The summed E-state index contributed by atoms with van der Waals surface area (Å²) < 4.78 is 10.7. The SMILES string of the molecule is COc1ccc([C@H]2[C@@H]3C(=O)N(c4ccccc4)C(=O)[C@H]3ON2c2ccccc2)c(C(=O)O)c1OC. The summed E-state index contributed by atoms with van der Waals surface area (Å²) >= 11 is 0. The number of carbonyl (C=O) groups excluding carboxylic acids is 2. The smallest absolute Gasteiger partial charge is 0.339 e. The van der Waals surface area contributed by atoms with Crippen LogP contribution in [-0.2, 0) is 14.4 Å². The van der Waals surface area contributed by atoms with Gasteiger partial charge in [0.1, 0.15) is 11.5 Å². The van der Waals surface area contributed by atoms with Gasteiger partial charge in [-0.05, 0) is 35.9 Å². The number of hydrogen-bond donors (Lipinski definition) is 1. The van der Waals surface area contributed by atoms with Gasteiger partial charge in [0.15, 0.2) is 17.6 Å². The molecule has 2 fully saturated rings. The molecule has 0 unspecified atom stereocenters. The molecule has 0 aliphatic carbocycles. The number of hydrogen-bond acceptors (Lipinski definition) is 7. The van der Waals surface area contributed by atoms with Gasteiger partial charge in [-0.25, -0.2) is 14.8 Å². The summed E-state index contributed by atoms with van der Waals surface area (Å²) in [5.74, 6) is -2.98. The van der Waals surface area contributed by atoms with Crippen molar-refractivity contribution in [3.05, 3.63) is 83.9 Å².